The van der Waals surface area contributed by atoms with E-state index in [0.717, 1.165) is 12.1 Å². The molecule has 0 fully saturated rings. The van der Waals surface area contributed by atoms with Crippen molar-refractivity contribution in [1.82, 2.24) is 0 Å². The Balaban J connectivity index is 2.33. The molecule has 0 saturated carbocycles. The number of hydrogen-bond acceptors (Lipinski definition) is 2. The molecule has 2 nitrogen and oxygen atoms in total. The predicted molar refractivity (Wildman–Crippen MR) is 75.0 cm³/mol. The van der Waals surface area contributed by atoms with Crippen LogP contribution in [0.5, 0.6) is 0 Å². The number of nitrogens with two attached hydrogens (primary N) is 1. The molecule has 0 aliphatic heterocycles. The van der Waals surface area contributed by atoms with Gasteiger partial charge >= 0.3 is 0 Å². The zero-order chi connectivity index (χ0) is 14.9. The summed E-state index contributed by atoms with van der Waals surface area (Å²) in [6, 6.07) is 5.93. The fraction of sp³-hybridized carbons (Fsp3) is 0.0769. The molecule has 0 spiro atoms. The van der Waals surface area contributed by atoms with Crippen molar-refractivity contribution >= 4 is 32.4 Å². The summed E-state index contributed by atoms with van der Waals surface area (Å²) in [5.41, 5.74) is 5.29. The smallest absolute Gasteiger partial charge is 0.144 e. The van der Waals surface area contributed by atoms with Gasteiger partial charge in [0.25, 0.3) is 0 Å². The topological polar surface area (TPSA) is 43.1 Å². The van der Waals surface area contributed by atoms with Crippen molar-refractivity contribution in [2.24, 2.45) is 0 Å². The second-order valence-corrected chi connectivity index (χ2v) is 6.34. The highest BCUT2D eigenvalue weighted by Gasteiger charge is 2.18. The van der Waals surface area contributed by atoms with Gasteiger partial charge in [-0.3, -0.25) is 4.21 Å². The summed E-state index contributed by atoms with van der Waals surface area (Å²) in [4.78, 5) is -0.596. The Morgan fingerprint density at radius 1 is 1.05 bits per heavy atom. The van der Waals surface area contributed by atoms with Crippen LogP contribution in [0.4, 0.5) is 18.9 Å². The van der Waals surface area contributed by atoms with E-state index in [-0.39, 0.29) is 17.0 Å². The summed E-state index contributed by atoms with van der Waals surface area (Å²) in [5, 5.41) is 0. The van der Waals surface area contributed by atoms with Gasteiger partial charge in [-0.15, -0.1) is 0 Å². The Kier molecular flexibility index (Phi) is 4.49. The van der Waals surface area contributed by atoms with Crippen molar-refractivity contribution in [3.63, 3.8) is 0 Å². The second kappa shape index (κ2) is 5.97. The highest BCUT2D eigenvalue weighted by Crippen LogP contribution is 2.24. The first-order valence-corrected chi connectivity index (χ1v) is 7.56. The summed E-state index contributed by atoms with van der Waals surface area (Å²) in [7, 11) is -2.04. The molecule has 2 aromatic carbocycles. The standard InChI is InChI=1S/C13H9BrF3NOS/c14-8-2-1-7(10(15)3-8)6-20(19)13-11(16)4-9(18)5-12(13)17/h1-5H,6,18H2. The van der Waals surface area contributed by atoms with Crippen molar-refractivity contribution in [2.75, 3.05) is 5.73 Å². The van der Waals surface area contributed by atoms with Gasteiger partial charge in [-0.1, -0.05) is 22.0 Å². The molecule has 0 radical (unpaired) electrons. The van der Waals surface area contributed by atoms with E-state index in [1.54, 1.807) is 6.07 Å². The molecule has 1 unspecified atom stereocenters. The van der Waals surface area contributed by atoms with Gasteiger partial charge in [-0.05, 0) is 24.3 Å². The van der Waals surface area contributed by atoms with Crippen LogP contribution in [0.25, 0.3) is 0 Å². The molecule has 0 saturated heterocycles. The summed E-state index contributed by atoms with van der Waals surface area (Å²) < 4.78 is 53.4. The van der Waals surface area contributed by atoms with E-state index in [9.17, 15) is 17.4 Å². The van der Waals surface area contributed by atoms with Gasteiger partial charge in [-0.2, -0.15) is 0 Å². The molecule has 0 aliphatic carbocycles. The van der Waals surface area contributed by atoms with Gasteiger partial charge in [0.2, 0.25) is 0 Å². The normalized spacial score (nSPS) is 12.4. The molecule has 0 aliphatic rings. The molecular weight excluding hydrogens is 355 g/mol. The van der Waals surface area contributed by atoms with Crippen LogP contribution in [-0.4, -0.2) is 4.21 Å². The van der Waals surface area contributed by atoms with E-state index in [0.29, 0.717) is 4.47 Å². The lowest BCUT2D eigenvalue weighted by molar-refractivity contribution is 0.535. The number of benzene rings is 2. The van der Waals surface area contributed by atoms with E-state index in [1.807, 2.05) is 0 Å². The molecule has 0 amide bonds. The van der Waals surface area contributed by atoms with Crippen LogP contribution in [0, 0.1) is 17.5 Å². The average molecular weight is 364 g/mol. The summed E-state index contributed by atoms with van der Waals surface area (Å²) in [6.07, 6.45) is 0. The third kappa shape index (κ3) is 3.21. The van der Waals surface area contributed by atoms with Gasteiger partial charge in [-0.25, -0.2) is 13.2 Å². The van der Waals surface area contributed by atoms with Crippen molar-refractivity contribution in [1.29, 1.82) is 0 Å². The maximum Gasteiger partial charge on any atom is 0.144 e. The van der Waals surface area contributed by atoms with Crippen LogP contribution in [-0.2, 0) is 16.6 Å². The molecule has 0 aromatic heterocycles. The van der Waals surface area contributed by atoms with Crippen LogP contribution in [0.2, 0.25) is 0 Å². The number of rotatable bonds is 3. The van der Waals surface area contributed by atoms with Gasteiger partial charge in [0.15, 0.2) is 0 Å². The van der Waals surface area contributed by atoms with Crippen LogP contribution >= 0.6 is 15.9 Å². The molecule has 2 aromatic rings. The van der Waals surface area contributed by atoms with Crippen molar-refractivity contribution < 1.29 is 17.4 Å². The minimum absolute atomic E-state index is 0.101. The Hall–Kier alpha value is -1.34. The van der Waals surface area contributed by atoms with E-state index in [1.165, 1.54) is 12.1 Å². The van der Waals surface area contributed by atoms with Gasteiger partial charge < -0.3 is 5.73 Å². The predicted octanol–water partition coefficient (Wildman–Crippen LogP) is 3.76. The molecule has 2 rings (SSSR count). The fourth-order valence-corrected chi connectivity index (χ4v) is 3.20. The fourth-order valence-electron chi connectivity index (χ4n) is 1.65. The monoisotopic (exact) mass is 363 g/mol. The van der Waals surface area contributed by atoms with E-state index >= 15 is 0 Å². The van der Waals surface area contributed by atoms with Gasteiger partial charge in [0, 0.05) is 15.7 Å². The van der Waals surface area contributed by atoms with Gasteiger partial charge in [0.1, 0.15) is 22.3 Å². The van der Waals surface area contributed by atoms with Crippen molar-refractivity contribution in [3.05, 3.63) is 57.8 Å². The molecule has 106 valence electrons. The molecule has 2 N–H and O–H groups in total. The largest absolute Gasteiger partial charge is 0.399 e. The molecule has 7 heteroatoms. The Bertz CT molecular complexity index is 670. The Labute approximate surface area is 124 Å². The summed E-state index contributed by atoms with van der Waals surface area (Å²) in [6.45, 7) is 0. The molecule has 0 heterocycles. The van der Waals surface area contributed by atoms with Crippen molar-refractivity contribution in [3.8, 4) is 0 Å². The quantitative estimate of drug-likeness (QED) is 0.843. The average Bonchev–Trinajstić information content (AvgIpc) is 2.31. The van der Waals surface area contributed by atoms with Crippen LogP contribution in [0.3, 0.4) is 0 Å². The van der Waals surface area contributed by atoms with Crippen molar-refractivity contribution in [2.45, 2.75) is 10.6 Å². The zero-order valence-corrected chi connectivity index (χ0v) is 12.4. The lowest BCUT2D eigenvalue weighted by Crippen LogP contribution is -2.05. The highest BCUT2D eigenvalue weighted by atomic mass is 79.9. The van der Waals surface area contributed by atoms with Crippen LogP contribution in [0.15, 0.2) is 39.7 Å². The molecule has 1 atom stereocenters. The Morgan fingerprint density at radius 2 is 1.65 bits per heavy atom. The first kappa shape index (κ1) is 15.1. The molecular formula is C13H9BrF3NOS. The van der Waals surface area contributed by atoms with Gasteiger partial charge in [0.05, 0.1) is 16.6 Å². The third-order valence-electron chi connectivity index (χ3n) is 2.55. The van der Waals surface area contributed by atoms with E-state index in [2.05, 4.69) is 15.9 Å². The maximum atomic E-state index is 13.6. The maximum absolute atomic E-state index is 13.6. The number of anilines is 1. The second-order valence-electron chi connectivity index (χ2n) is 4.04. The van der Waals surface area contributed by atoms with Crippen LogP contribution in [0.1, 0.15) is 5.56 Å². The summed E-state index contributed by atoms with van der Waals surface area (Å²) in [5.74, 6) is -2.92. The number of nitrogen functional groups attached to an aromatic ring is 1. The molecule has 20 heavy (non-hydrogen) atoms. The Morgan fingerprint density at radius 3 is 2.20 bits per heavy atom. The van der Waals surface area contributed by atoms with E-state index < -0.39 is 33.1 Å². The van der Waals surface area contributed by atoms with E-state index in [4.69, 9.17) is 5.73 Å². The summed E-state index contributed by atoms with van der Waals surface area (Å²) >= 11 is 3.09. The zero-order valence-electron chi connectivity index (χ0n) is 10.00. The first-order chi connectivity index (χ1) is 9.38. The third-order valence-corrected chi connectivity index (χ3v) is 4.46. The minimum atomic E-state index is -2.04. The molecule has 0 bridgehead atoms. The lowest BCUT2D eigenvalue weighted by Gasteiger charge is -2.07. The number of hydrogen-bond donors (Lipinski definition) is 1. The number of halogens is 4. The highest BCUT2D eigenvalue weighted by molar-refractivity contribution is 9.10. The SMILES string of the molecule is Nc1cc(F)c(S(=O)Cc2ccc(Br)cc2F)c(F)c1. The van der Waals surface area contributed by atoms with Crippen LogP contribution < -0.4 is 5.73 Å². The lowest BCUT2D eigenvalue weighted by atomic mass is 10.2. The first-order valence-electron chi connectivity index (χ1n) is 5.45. The minimum Gasteiger partial charge on any atom is -0.399 e.